The molecule has 0 aliphatic rings. The first-order chi connectivity index (χ1) is 11.0. The summed E-state index contributed by atoms with van der Waals surface area (Å²) in [5.74, 6) is -0.200. The number of carbonyl (C=O) groups is 2. The number of ether oxygens (including phenoxy) is 2. The van der Waals surface area contributed by atoms with E-state index in [1.54, 1.807) is 30.1 Å². The molecule has 122 valence electrons. The topological polar surface area (TPSA) is 94.5 Å². The van der Waals surface area contributed by atoms with Gasteiger partial charge in [-0.2, -0.15) is 5.10 Å². The minimum Gasteiger partial charge on any atom is -0.480 e. The van der Waals surface area contributed by atoms with Gasteiger partial charge in [0.15, 0.2) is 6.61 Å². The van der Waals surface area contributed by atoms with Gasteiger partial charge in [0.25, 0.3) is 0 Å². The van der Waals surface area contributed by atoms with E-state index in [9.17, 15) is 9.59 Å². The number of nitrogens with zero attached hydrogens (tertiary/aromatic N) is 2. The van der Waals surface area contributed by atoms with Crippen LogP contribution >= 0.6 is 11.6 Å². The molecule has 1 aromatic heterocycles. The average Bonchev–Trinajstić information content (AvgIpc) is 2.91. The molecule has 2 aromatic rings. The summed E-state index contributed by atoms with van der Waals surface area (Å²) in [6.45, 7) is -0.246. The van der Waals surface area contributed by atoms with Crippen LogP contribution in [-0.2, 0) is 16.6 Å². The Labute approximate surface area is 137 Å². The Bertz CT molecular complexity index is 717. The van der Waals surface area contributed by atoms with Crippen LogP contribution in [0.5, 0.6) is 5.75 Å². The van der Waals surface area contributed by atoms with Gasteiger partial charge in [0, 0.05) is 18.9 Å². The summed E-state index contributed by atoms with van der Waals surface area (Å²) >= 11 is 6.04. The van der Waals surface area contributed by atoms with Crippen LogP contribution in [0.1, 0.15) is 0 Å². The second-order valence-corrected chi connectivity index (χ2v) is 4.90. The number of methoxy groups -OCH3 is 1. The highest BCUT2D eigenvalue weighted by Crippen LogP contribution is 2.27. The van der Waals surface area contributed by atoms with Crippen molar-refractivity contribution in [1.29, 1.82) is 0 Å². The number of urea groups is 1. The van der Waals surface area contributed by atoms with Gasteiger partial charge in [0.05, 0.1) is 24.0 Å². The summed E-state index contributed by atoms with van der Waals surface area (Å²) in [6, 6.07) is 4.22. The van der Waals surface area contributed by atoms with Gasteiger partial charge in [-0.1, -0.05) is 11.6 Å². The van der Waals surface area contributed by atoms with E-state index in [0.717, 1.165) is 0 Å². The van der Waals surface area contributed by atoms with E-state index in [1.807, 2.05) is 0 Å². The van der Waals surface area contributed by atoms with Crippen LogP contribution in [0.4, 0.5) is 16.2 Å². The third-order valence-electron chi connectivity index (χ3n) is 2.73. The molecule has 0 radical (unpaired) electrons. The number of amides is 2. The van der Waals surface area contributed by atoms with Crippen molar-refractivity contribution in [3.63, 3.8) is 0 Å². The zero-order valence-electron chi connectivity index (χ0n) is 12.5. The molecule has 0 saturated carbocycles. The molecule has 0 fully saturated rings. The monoisotopic (exact) mass is 338 g/mol. The van der Waals surface area contributed by atoms with Gasteiger partial charge in [-0.15, -0.1) is 0 Å². The Morgan fingerprint density at radius 1 is 1.30 bits per heavy atom. The maximum absolute atomic E-state index is 11.8. The molecule has 1 aromatic carbocycles. The van der Waals surface area contributed by atoms with Crippen molar-refractivity contribution in [1.82, 2.24) is 9.78 Å². The molecule has 0 spiro atoms. The predicted octanol–water partition coefficient (Wildman–Crippen LogP) is 2.27. The fraction of sp³-hybridized carbons (Fsp3) is 0.214. The highest BCUT2D eigenvalue weighted by Gasteiger charge is 2.09. The lowest BCUT2D eigenvalue weighted by atomic mass is 10.3. The second kappa shape index (κ2) is 7.50. The minimum absolute atomic E-state index is 0.246. The van der Waals surface area contributed by atoms with Crippen molar-refractivity contribution >= 4 is 35.0 Å². The SMILES string of the molecule is COC(=O)COc1ccc(NC(=O)Nc2cnn(C)c2)cc1Cl. The zero-order chi connectivity index (χ0) is 16.8. The van der Waals surface area contributed by atoms with Gasteiger partial charge in [-0.25, -0.2) is 9.59 Å². The molecule has 2 rings (SSSR count). The van der Waals surface area contributed by atoms with Gasteiger partial charge >= 0.3 is 12.0 Å². The Morgan fingerprint density at radius 3 is 2.65 bits per heavy atom. The number of aryl methyl sites for hydroxylation is 1. The predicted molar refractivity (Wildman–Crippen MR) is 84.8 cm³/mol. The van der Waals surface area contributed by atoms with Crippen LogP contribution in [0.3, 0.4) is 0 Å². The highest BCUT2D eigenvalue weighted by atomic mass is 35.5. The van der Waals surface area contributed by atoms with E-state index in [-0.39, 0.29) is 11.6 Å². The van der Waals surface area contributed by atoms with Crippen LogP contribution < -0.4 is 15.4 Å². The molecular formula is C14H15ClN4O4. The first-order valence-electron chi connectivity index (χ1n) is 6.53. The van der Waals surface area contributed by atoms with Gasteiger partial charge in [-0.05, 0) is 18.2 Å². The molecule has 0 aliphatic heterocycles. The minimum atomic E-state index is -0.515. The van der Waals surface area contributed by atoms with Crippen LogP contribution in [0.25, 0.3) is 0 Å². The number of hydrogen-bond donors (Lipinski definition) is 2. The quantitative estimate of drug-likeness (QED) is 0.815. The normalized spacial score (nSPS) is 10.0. The number of carbonyl (C=O) groups excluding carboxylic acids is 2. The standard InChI is InChI=1S/C14H15ClN4O4/c1-19-7-10(6-16-19)18-14(21)17-9-3-4-12(11(15)5-9)23-8-13(20)22-2/h3-7H,8H2,1-2H3,(H2,17,18,21). The lowest BCUT2D eigenvalue weighted by Gasteiger charge is -2.10. The number of nitrogens with one attached hydrogen (secondary N) is 2. The first-order valence-corrected chi connectivity index (χ1v) is 6.91. The molecule has 2 amide bonds. The van der Waals surface area contributed by atoms with Crippen molar-refractivity contribution in [2.75, 3.05) is 24.4 Å². The molecule has 2 N–H and O–H groups in total. The Hall–Kier alpha value is -2.74. The third-order valence-corrected chi connectivity index (χ3v) is 3.02. The summed E-state index contributed by atoms with van der Waals surface area (Å²) in [6.07, 6.45) is 3.19. The summed E-state index contributed by atoms with van der Waals surface area (Å²) in [5, 5.41) is 9.45. The third kappa shape index (κ3) is 4.89. The Kier molecular flexibility index (Phi) is 5.42. The highest BCUT2D eigenvalue weighted by molar-refractivity contribution is 6.32. The van der Waals surface area contributed by atoms with Gasteiger partial charge in [0.1, 0.15) is 5.75 Å². The smallest absolute Gasteiger partial charge is 0.343 e. The molecule has 0 aliphatic carbocycles. The molecule has 23 heavy (non-hydrogen) atoms. The molecule has 1 heterocycles. The van der Waals surface area contributed by atoms with Crippen molar-refractivity contribution < 1.29 is 19.1 Å². The first kappa shape index (κ1) is 16.6. The van der Waals surface area contributed by atoms with E-state index < -0.39 is 12.0 Å². The Morgan fingerprint density at radius 2 is 2.04 bits per heavy atom. The maximum Gasteiger partial charge on any atom is 0.343 e. The number of esters is 1. The number of hydrogen-bond acceptors (Lipinski definition) is 5. The van der Waals surface area contributed by atoms with E-state index >= 15 is 0 Å². The van der Waals surface area contributed by atoms with Crippen molar-refractivity contribution in [2.24, 2.45) is 7.05 Å². The summed E-state index contributed by atoms with van der Waals surface area (Å²) in [7, 11) is 3.01. The number of benzene rings is 1. The Balaban J connectivity index is 1.94. The van der Waals surface area contributed by atoms with Gasteiger partial charge < -0.3 is 20.1 Å². The zero-order valence-corrected chi connectivity index (χ0v) is 13.3. The van der Waals surface area contributed by atoms with E-state index in [1.165, 1.54) is 19.4 Å². The van der Waals surface area contributed by atoms with Crippen LogP contribution in [0.2, 0.25) is 5.02 Å². The van der Waals surface area contributed by atoms with Crippen LogP contribution in [0, 0.1) is 0 Å². The average molecular weight is 339 g/mol. The van der Waals surface area contributed by atoms with Crippen LogP contribution in [-0.4, -0.2) is 35.5 Å². The molecule has 8 nitrogen and oxygen atoms in total. The molecule has 0 unspecified atom stereocenters. The maximum atomic E-state index is 11.8. The van der Waals surface area contributed by atoms with Crippen molar-refractivity contribution in [3.8, 4) is 5.75 Å². The fourth-order valence-electron chi connectivity index (χ4n) is 1.67. The van der Waals surface area contributed by atoms with Crippen molar-refractivity contribution in [3.05, 3.63) is 35.6 Å². The number of rotatable bonds is 5. The van der Waals surface area contributed by atoms with E-state index in [0.29, 0.717) is 17.1 Å². The molecule has 9 heteroatoms. The molecule has 0 bridgehead atoms. The summed E-state index contributed by atoms with van der Waals surface area (Å²) in [4.78, 5) is 22.9. The number of halogens is 1. The van der Waals surface area contributed by atoms with Gasteiger partial charge in [0.2, 0.25) is 0 Å². The van der Waals surface area contributed by atoms with Crippen molar-refractivity contribution in [2.45, 2.75) is 0 Å². The van der Waals surface area contributed by atoms with Crippen LogP contribution in [0.15, 0.2) is 30.6 Å². The number of aromatic nitrogens is 2. The van der Waals surface area contributed by atoms with E-state index in [4.69, 9.17) is 16.3 Å². The lowest BCUT2D eigenvalue weighted by Crippen LogP contribution is -2.19. The fourth-order valence-corrected chi connectivity index (χ4v) is 1.91. The molecular weight excluding hydrogens is 324 g/mol. The second-order valence-electron chi connectivity index (χ2n) is 4.49. The molecule has 0 saturated heterocycles. The summed E-state index contributed by atoms with van der Waals surface area (Å²) < 4.78 is 11.2. The summed E-state index contributed by atoms with van der Waals surface area (Å²) in [5.41, 5.74) is 1.04. The molecule has 0 atom stereocenters. The largest absolute Gasteiger partial charge is 0.480 e. The number of anilines is 2. The van der Waals surface area contributed by atoms with E-state index in [2.05, 4.69) is 20.5 Å². The lowest BCUT2D eigenvalue weighted by molar-refractivity contribution is -0.142. The van der Waals surface area contributed by atoms with Gasteiger partial charge in [-0.3, -0.25) is 4.68 Å².